The molecule has 3 rings (SSSR count). The third-order valence-electron chi connectivity index (χ3n) is 5.24. The molecule has 1 saturated carbocycles. The number of amides is 1. The molecule has 1 amide bonds. The van der Waals surface area contributed by atoms with Gasteiger partial charge in [0.15, 0.2) is 0 Å². The first-order valence-electron chi connectivity index (χ1n) is 9.73. The predicted octanol–water partition coefficient (Wildman–Crippen LogP) is 5.66. The lowest BCUT2D eigenvalue weighted by molar-refractivity contribution is -0.134. The number of carbonyl (C=O) groups is 2. The predicted molar refractivity (Wildman–Crippen MR) is 112 cm³/mol. The molecule has 0 heterocycles. The second kappa shape index (κ2) is 9.70. The lowest BCUT2D eigenvalue weighted by Gasteiger charge is -2.10. The molecular formula is C23H23ClFNO3. The van der Waals surface area contributed by atoms with Crippen LogP contribution in [0.2, 0.25) is 5.02 Å². The first kappa shape index (κ1) is 21.1. The van der Waals surface area contributed by atoms with Gasteiger partial charge in [-0.25, -0.2) is 9.18 Å². The molecule has 2 N–H and O–H groups in total. The van der Waals surface area contributed by atoms with E-state index in [1.54, 1.807) is 24.3 Å². The first-order chi connectivity index (χ1) is 13.9. The highest BCUT2D eigenvalue weighted by atomic mass is 35.5. The van der Waals surface area contributed by atoms with Crippen molar-refractivity contribution in [2.75, 3.05) is 0 Å². The minimum absolute atomic E-state index is 0.0657. The summed E-state index contributed by atoms with van der Waals surface area (Å²) in [7, 11) is 0. The van der Waals surface area contributed by atoms with Gasteiger partial charge in [0, 0.05) is 22.6 Å². The minimum Gasteiger partial charge on any atom is -0.477 e. The fourth-order valence-electron chi connectivity index (χ4n) is 3.67. The minimum atomic E-state index is -1.32. The van der Waals surface area contributed by atoms with Crippen molar-refractivity contribution in [1.29, 1.82) is 0 Å². The Labute approximate surface area is 174 Å². The van der Waals surface area contributed by atoms with Crippen molar-refractivity contribution >= 4 is 29.6 Å². The van der Waals surface area contributed by atoms with E-state index < -0.39 is 11.8 Å². The maximum Gasteiger partial charge on any atom is 0.352 e. The Morgan fingerprint density at radius 3 is 2.59 bits per heavy atom. The van der Waals surface area contributed by atoms with Gasteiger partial charge in [0.1, 0.15) is 11.5 Å². The smallest absolute Gasteiger partial charge is 0.352 e. The lowest BCUT2D eigenvalue weighted by atomic mass is 10.0. The van der Waals surface area contributed by atoms with Crippen molar-refractivity contribution in [3.8, 4) is 11.1 Å². The standard InChI is InChI=1S/C23H23ClFNO3/c24-19-8-4-3-7-18(19)16-10-11-20(25)17(13-16)14-21(23(28)29)26-22(27)12-9-15-5-1-2-6-15/h3-4,7-8,10-11,13-15H,1-2,5-6,9,12H2,(H,26,27)(H,28,29)/b21-14+. The summed E-state index contributed by atoms with van der Waals surface area (Å²) in [5, 5.41) is 12.4. The zero-order valence-corrected chi connectivity index (χ0v) is 16.7. The van der Waals surface area contributed by atoms with Gasteiger partial charge in [-0.3, -0.25) is 4.79 Å². The van der Waals surface area contributed by atoms with E-state index in [2.05, 4.69) is 5.32 Å². The van der Waals surface area contributed by atoms with Gasteiger partial charge in [-0.15, -0.1) is 0 Å². The molecule has 0 saturated heterocycles. The zero-order chi connectivity index (χ0) is 20.8. The van der Waals surface area contributed by atoms with E-state index in [0.717, 1.165) is 25.3 Å². The maximum atomic E-state index is 14.3. The molecule has 6 heteroatoms. The highest BCUT2D eigenvalue weighted by Gasteiger charge is 2.18. The highest BCUT2D eigenvalue weighted by Crippen LogP contribution is 2.30. The van der Waals surface area contributed by atoms with Crippen LogP contribution in [0.15, 0.2) is 48.2 Å². The Bertz CT molecular complexity index is 935. The van der Waals surface area contributed by atoms with E-state index in [-0.39, 0.29) is 23.6 Å². The molecule has 2 aromatic carbocycles. The van der Waals surface area contributed by atoms with Crippen LogP contribution in [0.25, 0.3) is 17.2 Å². The summed E-state index contributed by atoms with van der Waals surface area (Å²) in [5.74, 6) is -1.74. The van der Waals surface area contributed by atoms with Crippen molar-refractivity contribution in [2.45, 2.75) is 38.5 Å². The summed E-state index contributed by atoms with van der Waals surface area (Å²) < 4.78 is 14.3. The van der Waals surface area contributed by atoms with E-state index in [4.69, 9.17) is 11.6 Å². The van der Waals surface area contributed by atoms with Gasteiger partial charge in [-0.1, -0.05) is 61.5 Å². The summed E-state index contributed by atoms with van der Waals surface area (Å²) in [4.78, 5) is 23.8. The number of carboxylic acid groups (broad SMARTS) is 1. The summed E-state index contributed by atoms with van der Waals surface area (Å²) in [6, 6.07) is 11.5. The number of carboxylic acids is 1. The number of carbonyl (C=O) groups excluding carboxylic acids is 1. The number of benzene rings is 2. The summed E-state index contributed by atoms with van der Waals surface area (Å²) in [6.45, 7) is 0. The van der Waals surface area contributed by atoms with Crippen LogP contribution < -0.4 is 5.32 Å². The Kier molecular flexibility index (Phi) is 7.04. The molecule has 2 aromatic rings. The average Bonchev–Trinajstić information content (AvgIpc) is 3.21. The Balaban J connectivity index is 1.79. The van der Waals surface area contributed by atoms with Crippen molar-refractivity contribution < 1.29 is 19.1 Å². The number of hydrogen-bond donors (Lipinski definition) is 2. The van der Waals surface area contributed by atoms with Crippen LogP contribution in [0.5, 0.6) is 0 Å². The summed E-state index contributed by atoms with van der Waals surface area (Å²) >= 11 is 6.20. The second-order valence-corrected chi connectivity index (χ2v) is 7.72. The zero-order valence-electron chi connectivity index (χ0n) is 16.0. The second-order valence-electron chi connectivity index (χ2n) is 7.32. The molecule has 152 valence electrons. The molecule has 0 aromatic heterocycles. The van der Waals surface area contributed by atoms with Crippen LogP contribution in [-0.2, 0) is 9.59 Å². The highest BCUT2D eigenvalue weighted by molar-refractivity contribution is 6.33. The molecular weight excluding hydrogens is 393 g/mol. The molecule has 0 aliphatic heterocycles. The first-order valence-corrected chi connectivity index (χ1v) is 10.1. The third kappa shape index (κ3) is 5.67. The largest absolute Gasteiger partial charge is 0.477 e. The molecule has 1 aliphatic carbocycles. The van der Waals surface area contributed by atoms with Crippen LogP contribution in [0.1, 0.15) is 44.1 Å². The summed E-state index contributed by atoms with van der Waals surface area (Å²) in [6.07, 6.45) is 6.77. The number of rotatable bonds is 7. The van der Waals surface area contributed by atoms with E-state index >= 15 is 0 Å². The van der Waals surface area contributed by atoms with Gasteiger partial charge >= 0.3 is 5.97 Å². The van der Waals surface area contributed by atoms with Gasteiger partial charge in [-0.05, 0) is 42.2 Å². The Morgan fingerprint density at radius 1 is 1.17 bits per heavy atom. The van der Waals surface area contributed by atoms with Gasteiger partial charge < -0.3 is 10.4 Å². The quantitative estimate of drug-likeness (QED) is 0.573. The van der Waals surface area contributed by atoms with Crippen LogP contribution in [0.4, 0.5) is 4.39 Å². The van der Waals surface area contributed by atoms with Crippen molar-refractivity contribution in [3.63, 3.8) is 0 Å². The maximum absolute atomic E-state index is 14.3. The molecule has 4 nitrogen and oxygen atoms in total. The van der Waals surface area contributed by atoms with E-state index in [0.29, 0.717) is 22.1 Å². The Hall–Kier alpha value is -2.66. The molecule has 0 atom stereocenters. The van der Waals surface area contributed by atoms with Crippen molar-refractivity contribution in [3.05, 3.63) is 64.6 Å². The lowest BCUT2D eigenvalue weighted by Crippen LogP contribution is -2.27. The normalized spacial score (nSPS) is 14.8. The Morgan fingerprint density at radius 2 is 1.90 bits per heavy atom. The molecule has 0 bridgehead atoms. The van der Waals surface area contributed by atoms with Crippen LogP contribution in [-0.4, -0.2) is 17.0 Å². The third-order valence-corrected chi connectivity index (χ3v) is 5.57. The molecule has 0 unspecified atom stereocenters. The molecule has 0 spiro atoms. The number of halogens is 2. The van der Waals surface area contributed by atoms with Gasteiger partial charge in [0.2, 0.25) is 5.91 Å². The number of aliphatic carboxylic acids is 1. The van der Waals surface area contributed by atoms with Crippen LogP contribution in [0.3, 0.4) is 0 Å². The SMILES string of the molecule is O=C(CCC1CCCC1)N/C(=C/c1cc(-c2ccccc2Cl)ccc1F)C(=O)O. The average molecular weight is 416 g/mol. The fraction of sp³-hybridized carbons (Fsp3) is 0.304. The van der Waals surface area contributed by atoms with E-state index in [9.17, 15) is 19.1 Å². The molecule has 1 aliphatic rings. The van der Waals surface area contributed by atoms with Crippen molar-refractivity contribution in [1.82, 2.24) is 5.32 Å². The monoisotopic (exact) mass is 415 g/mol. The van der Waals surface area contributed by atoms with Gasteiger partial charge in [0.05, 0.1) is 0 Å². The van der Waals surface area contributed by atoms with E-state index in [1.165, 1.54) is 25.0 Å². The van der Waals surface area contributed by atoms with Crippen LogP contribution >= 0.6 is 11.6 Å². The number of hydrogen-bond acceptors (Lipinski definition) is 2. The number of nitrogens with one attached hydrogen (secondary N) is 1. The van der Waals surface area contributed by atoms with Gasteiger partial charge in [-0.2, -0.15) is 0 Å². The molecule has 29 heavy (non-hydrogen) atoms. The molecule has 0 radical (unpaired) electrons. The molecule has 1 fully saturated rings. The van der Waals surface area contributed by atoms with Crippen LogP contribution in [0, 0.1) is 11.7 Å². The topological polar surface area (TPSA) is 66.4 Å². The fourth-order valence-corrected chi connectivity index (χ4v) is 3.92. The van der Waals surface area contributed by atoms with Crippen molar-refractivity contribution in [2.24, 2.45) is 5.92 Å². The summed E-state index contributed by atoms with van der Waals surface area (Å²) in [5.41, 5.74) is 1.08. The van der Waals surface area contributed by atoms with Gasteiger partial charge in [0.25, 0.3) is 0 Å². The van der Waals surface area contributed by atoms with E-state index in [1.807, 2.05) is 6.07 Å².